The Balaban J connectivity index is 2.23. The van der Waals surface area contributed by atoms with Crippen LogP contribution in [-0.2, 0) is 6.54 Å². The zero-order chi connectivity index (χ0) is 11.8. The third-order valence-corrected chi connectivity index (χ3v) is 4.59. The number of nitrogens with one attached hydrogen (secondary N) is 1. The second kappa shape index (κ2) is 4.25. The first-order valence-electron chi connectivity index (χ1n) is 5.21. The molecule has 0 amide bonds. The lowest BCUT2D eigenvalue weighted by molar-refractivity contribution is 1.03. The molecular weight excluding hydrogens is 298 g/mol. The molecule has 3 nitrogen and oxygen atoms in total. The highest BCUT2D eigenvalue weighted by Gasteiger charge is 2.13. The predicted molar refractivity (Wildman–Crippen MR) is 75.0 cm³/mol. The molecule has 0 atom stereocenters. The first-order valence-corrected chi connectivity index (χ1v) is 6.82. The minimum absolute atomic E-state index is 0.478. The van der Waals surface area contributed by atoms with Crippen molar-refractivity contribution in [1.29, 1.82) is 0 Å². The Bertz CT molecular complexity index is 671. The molecule has 17 heavy (non-hydrogen) atoms. The summed E-state index contributed by atoms with van der Waals surface area (Å²) in [6, 6.07) is 8.24. The Labute approximate surface area is 111 Å². The van der Waals surface area contributed by atoms with E-state index in [-0.39, 0.29) is 0 Å². The van der Waals surface area contributed by atoms with E-state index >= 15 is 0 Å². The van der Waals surface area contributed by atoms with Crippen molar-refractivity contribution in [1.82, 2.24) is 9.97 Å². The van der Waals surface area contributed by atoms with Crippen LogP contribution in [0.15, 0.2) is 35.1 Å². The number of hydrogen-bond acceptors (Lipinski definition) is 3. The van der Waals surface area contributed by atoms with Crippen LogP contribution in [0.1, 0.15) is 5.01 Å². The molecule has 3 aromatic rings. The van der Waals surface area contributed by atoms with Crippen LogP contribution in [0.5, 0.6) is 0 Å². The Morgan fingerprint density at radius 2 is 2.18 bits per heavy atom. The zero-order valence-electron chi connectivity index (χ0n) is 8.90. The largest absolute Gasteiger partial charge is 0.361 e. The molecule has 5 heteroatoms. The standard InChI is InChI=1S/C12H10BrN3S/c13-12-11(17-10(5-14)16-12)8-6-15-9-4-2-1-3-7(8)9/h1-4,6,15H,5,14H2. The van der Waals surface area contributed by atoms with Crippen molar-refractivity contribution in [3.05, 3.63) is 40.1 Å². The van der Waals surface area contributed by atoms with Gasteiger partial charge >= 0.3 is 0 Å². The number of aromatic nitrogens is 2. The molecule has 0 saturated carbocycles. The molecule has 0 saturated heterocycles. The number of para-hydroxylation sites is 1. The molecular formula is C12H10BrN3S. The minimum atomic E-state index is 0.478. The minimum Gasteiger partial charge on any atom is -0.361 e. The quantitative estimate of drug-likeness (QED) is 0.761. The molecule has 0 spiro atoms. The van der Waals surface area contributed by atoms with Crippen molar-refractivity contribution in [2.45, 2.75) is 6.54 Å². The van der Waals surface area contributed by atoms with Crippen LogP contribution in [0.4, 0.5) is 0 Å². The Morgan fingerprint density at radius 1 is 1.35 bits per heavy atom. The van der Waals surface area contributed by atoms with Gasteiger partial charge in [-0.1, -0.05) is 18.2 Å². The van der Waals surface area contributed by atoms with Crippen LogP contribution in [0.25, 0.3) is 21.3 Å². The van der Waals surface area contributed by atoms with Crippen LogP contribution >= 0.6 is 27.3 Å². The SMILES string of the molecule is NCc1nc(Br)c(-c2c[nH]c3ccccc23)s1. The van der Waals surface area contributed by atoms with Crippen molar-refractivity contribution in [3.8, 4) is 10.4 Å². The normalized spacial score (nSPS) is 11.2. The van der Waals surface area contributed by atoms with E-state index in [1.807, 2.05) is 18.3 Å². The molecule has 1 aromatic carbocycles. The molecule has 0 fully saturated rings. The summed E-state index contributed by atoms with van der Waals surface area (Å²) in [4.78, 5) is 8.78. The number of halogens is 1. The summed E-state index contributed by atoms with van der Waals surface area (Å²) in [5, 5.41) is 2.15. The van der Waals surface area contributed by atoms with E-state index in [1.54, 1.807) is 11.3 Å². The van der Waals surface area contributed by atoms with Crippen LogP contribution in [0, 0.1) is 0 Å². The fourth-order valence-electron chi connectivity index (χ4n) is 1.86. The van der Waals surface area contributed by atoms with Crippen LogP contribution in [-0.4, -0.2) is 9.97 Å². The van der Waals surface area contributed by atoms with Gasteiger partial charge in [-0.15, -0.1) is 11.3 Å². The molecule has 0 aliphatic rings. The molecule has 2 aromatic heterocycles. The number of fused-ring (bicyclic) bond motifs is 1. The second-order valence-corrected chi connectivity index (χ2v) is 5.51. The lowest BCUT2D eigenvalue weighted by Gasteiger charge is -1.94. The van der Waals surface area contributed by atoms with Gasteiger partial charge in [0.15, 0.2) is 0 Å². The molecule has 3 rings (SSSR count). The fourth-order valence-corrected chi connectivity index (χ4v) is 3.51. The third kappa shape index (κ3) is 1.80. The number of rotatable bonds is 2. The van der Waals surface area contributed by atoms with Gasteiger partial charge in [-0.05, 0) is 22.0 Å². The molecule has 0 aliphatic carbocycles. The van der Waals surface area contributed by atoms with E-state index in [0.29, 0.717) is 6.54 Å². The molecule has 2 heterocycles. The Hall–Kier alpha value is -1.17. The van der Waals surface area contributed by atoms with Gasteiger partial charge in [-0.25, -0.2) is 4.98 Å². The van der Waals surface area contributed by atoms with Gasteiger partial charge in [0, 0.05) is 29.2 Å². The first kappa shape index (κ1) is 11.0. The van der Waals surface area contributed by atoms with Crippen molar-refractivity contribution < 1.29 is 0 Å². The Morgan fingerprint density at radius 3 is 2.94 bits per heavy atom. The van der Waals surface area contributed by atoms with Gasteiger partial charge in [0.25, 0.3) is 0 Å². The summed E-state index contributed by atoms with van der Waals surface area (Å²) in [7, 11) is 0. The van der Waals surface area contributed by atoms with Gasteiger partial charge in [0.2, 0.25) is 0 Å². The number of benzene rings is 1. The molecule has 0 aliphatic heterocycles. The maximum Gasteiger partial charge on any atom is 0.125 e. The lowest BCUT2D eigenvalue weighted by atomic mass is 10.1. The van der Waals surface area contributed by atoms with Gasteiger partial charge in [-0.3, -0.25) is 0 Å². The van der Waals surface area contributed by atoms with E-state index in [4.69, 9.17) is 5.73 Å². The molecule has 0 unspecified atom stereocenters. The van der Waals surface area contributed by atoms with Crippen molar-refractivity contribution in [2.24, 2.45) is 5.73 Å². The van der Waals surface area contributed by atoms with E-state index in [2.05, 4.69) is 38.0 Å². The zero-order valence-corrected chi connectivity index (χ0v) is 11.3. The molecule has 0 radical (unpaired) electrons. The maximum atomic E-state index is 5.62. The second-order valence-electron chi connectivity index (χ2n) is 3.68. The third-order valence-electron chi connectivity index (χ3n) is 2.64. The van der Waals surface area contributed by atoms with E-state index in [1.165, 1.54) is 10.9 Å². The summed E-state index contributed by atoms with van der Waals surface area (Å²) < 4.78 is 0.868. The van der Waals surface area contributed by atoms with E-state index < -0.39 is 0 Å². The number of H-pyrrole nitrogens is 1. The topological polar surface area (TPSA) is 54.7 Å². The average Bonchev–Trinajstić information content (AvgIpc) is 2.92. The number of hydrogen-bond donors (Lipinski definition) is 2. The van der Waals surface area contributed by atoms with Crippen molar-refractivity contribution >= 4 is 38.2 Å². The van der Waals surface area contributed by atoms with Gasteiger partial charge in [0.1, 0.15) is 9.61 Å². The van der Waals surface area contributed by atoms with Crippen LogP contribution in [0.3, 0.4) is 0 Å². The van der Waals surface area contributed by atoms with Crippen LogP contribution < -0.4 is 5.73 Å². The van der Waals surface area contributed by atoms with Gasteiger partial charge in [0.05, 0.1) is 4.88 Å². The molecule has 3 N–H and O–H groups in total. The van der Waals surface area contributed by atoms with Crippen molar-refractivity contribution in [2.75, 3.05) is 0 Å². The van der Waals surface area contributed by atoms with E-state index in [0.717, 1.165) is 20.0 Å². The highest BCUT2D eigenvalue weighted by atomic mass is 79.9. The maximum absolute atomic E-state index is 5.62. The summed E-state index contributed by atoms with van der Waals surface area (Å²) >= 11 is 5.12. The lowest BCUT2D eigenvalue weighted by Crippen LogP contribution is -1.93. The highest BCUT2D eigenvalue weighted by Crippen LogP contribution is 2.37. The number of aromatic amines is 1. The number of nitrogens with two attached hydrogens (primary N) is 1. The summed E-state index contributed by atoms with van der Waals surface area (Å²) in [6.07, 6.45) is 2.02. The van der Waals surface area contributed by atoms with Crippen molar-refractivity contribution in [3.63, 3.8) is 0 Å². The highest BCUT2D eigenvalue weighted by molar-refractivity contribution is 9.10. The summed E-state index contributed by atoms with van der Waals surface area (Å²) in [5.74, 6) is 0. The smallest absolute Gasteiger partial charge is 0.125 e. The monoisotopic (exact) mass is 307 g/mol. The molecule has 86 valence electrons. The summed E-state index contributed by atoms with van der Waals surface area (Å²) in [5.41, 5.74) is 7.92. The Kier molecular flexibility index (Phi) is 2.74. The van der Waals surface area contributed by atoms with Crippen LogP contribution in [0.2, 0.25) is 0 Å². The predicted octanol–water partition coefficient (Wildman–Crippen LogP) is 3.51. The number of thiazole rings is 1. The first-order chi connectivity index (χ1) is 8.29. The fraction of sp³-hybridized carbons (Fsp3) is 0.0833. The average molecular weight is 308 g/mol. The molecule has 0 bridgehead atoms. The summed E-state index contributed by atoms with van der Waals surface area (Å²) in [6.45, 7) is 0.478. The van der Waals surface area contributed by atoms with E-state index in [9.17, 15) is 0 Å². The van der Waals surface area contributed by atoms with Gasteiger partial charge in [-0.2, -0.15) is 0 Å². The van der Waals surface area contributed by atoms with Gasteiger partial charge < -0.3 is 10.7 Å². The number of nitrogens with zero attached hydrogens (tertiary/aromatic N) is 1.